The fourth-order valence-electron chi connectivity index (χ4n) is 2.32. The van der Waals surface area contributed by atoms with Gasteiger partial charge in [-0.15, -0.1) is 0 Å². The summed E-state index contributed by atoms with van der Waals surface area (Å²) in [6.07, 6.45) is 3.49. The summed E-state index contributed by atoms with van der Waals surface area (Å²) >= 11 is 0. The molecule has 0 spiro atoms. The lowest BCUT2D eigenvalue weighted by Gasteiger charge is -2.28. The number of ether oxygens (including phenoxy) is 1. The minimum Gasteiger partial charge on any atom is -0.382 e. The van der Waals surface area contributed by atoms with E-state index < -0.39 is 0 Å². The van der Waals surface area contributed by atoms with Crippen LogP contribution in [0, 0.1) is 5.92 Å². The molecule has 1 heterocycles. The van der Waals surface area contributed by atoms with Crippen LogP contribution in [0.1, 0.15) is 26.2 Å². The molecule has 0 aromatic rings. The maximum Gasteiger partial charge on any atom is 0.205 e. The van der Waals surface area contributed by atoms with E-state index in [2.05, 4.69) is 27.7 Å². The average molecular weight is 271 g/mol. The molecule has 1 atom stereocenters. The Labute approximate surface area is 116 Å². The molecular weight excluding hydrogens is 242 g/mol. The number of hydrogen-bond acceptors (Lipinski definition) is 4. The zero-order chi connectivity index (χ0) is 13.9. The second-order valence-electron chi connectivity index (χ2n) is 5.08. The Morgan fingerprint density at radius 2 is 2.37 bits per heavy atom. The second kappa shape index (κ2) is 10.00. The van der Waals surface area contributed by atoms with E-state index in [9.17, 15) is 0 Å². The molecule has 0 saturated carbocycles. The topological polar surface area (TPSA) is 74.9 Å². The lowest BCUT2D eigenvalue weighted by molar-refractivity contribution is 0.145. The zero-order valence-electron chi connectivity index (χ0n) is 12.3. The fraction of sp³-hybridized carbons (Fsp3) is 0.923. The third-order valence-electron chi connectivity index (χ3n) is 3.33. The summed E-state index contributed by atoms with van der Waals surface area (Å²) in [6, 6.07) is 0. The molecule has 0 aliphatic carbocycles. The maximum absolute atomic E-state index is 5.47. The van der Waals surface area contributed by atoms with Gasteiger partial charge >= 0.3 is 0 Å². The van der Waals surface area contributed by atoms with Crippen molar-refractivity contribution in [1.29, 1.82) is 0 Å². The monoisotopic (exact) mass is 271 g/mol. The predicted molar refractivity (Wildman–Crippen MR) is 79.0 cm³/mol. The van der Waals surface area contributed by atoms with Gasteiger partial charge in [-0.2, -0.15) is 0 Å². The minimum absolute atomic E-state index is 0.646. The van der Waals surface area contributed by atoms with Gasteiger partial charge in [0.25, 0.3) is 0 Å². The third-order valence-corrected chi connectivity index (χ3v) is 3.33. The van der Waals surface area contributed by atoms with Gasteiger partial charge in [-0.05, 0) is 45.7 Å². The quantitative estimate of drug-likeness (QED) is 0.202. The van der Waals surface area contributed by atoms with Crippen molar-refractivity contribution in [1.82, 2.24) is 15.6 Å². The van der Waals surface area contributed by atoms with Crippen LogP contribution in [-0.4, -0.2) is 57.3 Å². The highest BCUT2D eigenvalue weighted by Gasteiger charge is 2.16. The molecule has 19 heavy (non-hydrogen) atoms. The second-order valence-corrected chi connectivity index (χ2v) is 5.08. The molecule has 1 aliphatic heterocycles. The van der Waals surface area contributed by atoms with E-state index in [-0.39, 0.29) is 0 Å². The summed E-state index contributed by atoms with van der Waals surface area (Å²) in [7, 11) is 2.17. The van der Waals surface area contributed by atoms with E-state index in [0.717, 1.165) is 39.3 Å². The van der Waals surface area contributed by atoms with Crippen LogP contribution in [-0.2, 0) is 4.74 Å². The third kappa shape index (κ3) is 7.34. The number of piperidine rings is 1. The standard InChI is InChI=1S/C13H29N5O/c1-3-19-9-5-7-15-13(17-14)16-10-12-6-4-8-18(2)11-12/h12H,3-11,14H2,1-2H3,(H2,15,16,17). The summed E-state index contributed by atoms with van der Waals surface area (Å²) < 4.78 is 5.28. The van der Waals surface area contributed by atoms with Gasteiger partial charge in [-0.3, -0.25) is 10.4 Å². The van der Waals surface area contributed by atoms with Crippen LogP contribution in [0.2, 0.25) is 0 Å². The highest BCUT2D eigenvalue weighted by molar-refractivity contribution is 5.79. The molecule has 6 heteroatoms. The molecule has 4 N–H and O–H groups in total. The molecule has 1 fully saturated rings. The van der Waals surface area contributed by atoms with Crippen molar-refractivity contribution in [3.8, 4) is 0 Å². The number of guanidine groups is 1. The summed E-state index contributed by atoms with van der Waals surface area (Å²) in [5, 5.41) is 3.20. The van der Waals surface area contributed by atoms with Gasteiger partial charge in [0.15, 0.2) is 0 Å². The summed E-state index contributed by atoms with van der Waals surface area (Å²) in [6.45, 7) is 7.54. The molecule has 0 radical (unpaired) electrons. The van der Waals surface area contributed by atoms with Gasteiger partial charge < -0.3 is 15.0 Å². The fourth-order valence-corrected chi connectivity index (χ4v) is 2.32. The minimum atomic E-state index is 0.646. The largest absolute Gasteiger partial charge is 0.382 e. The van der Waals surface area contributed by atoms with Crippen LogP contribution in [0.25, 0.3) is 0 Å². The van der Waals surface area contributed by atoms with E-state index in [0.29, 0.717) is 11.9 Å². The molecule has 1 unspecified atom stereocenters. The molecule has 1 saturated heterocycles. The number of hydrogen-bond donors (Lipinski definition) is 3. The average Bonchev–Trinajstić information content (AvgIpc) is 2.42. The van der Waals surface area contributed by atoms with E-state index in [1.54, 1.807) is 0 Å². The van der Waals surface area contributed by atoms with Crippen molar-refractivity contribution < 1.29 is 4.74 Å². The Bertz CT molecular complexity index is 259. The Hall–Kier alpha value is -0.850. The lowest BCUT2D eigenvalue weighted by Crippen LogP contribution is -2.43. The Balaban J connectivity index is 2.19. The molecule has 0 bridgehead atoms. The molecule has 6 nitrogen and oxygen atoms in total. The molecule has 0 amide bonds. The van der Waals surface area contributed by atoms with E-state index in [1.807, 2.05) is 6.92 Å². The van der Waals surface area contributed by atoms with Crippen molar-refractivity contribution in [2.75, 3.05) is 46.4 Å². The number of hydrazine groups is 1. The van der Waals surface area contributed by atoms with E-state index >= 15 is 0 Å². The number of nitrogens with zero attached hydrogens (tertiary/aromatic N) is 2. The van der Waals surface area contributed by atoms with Gasteiger partial charge in [0, 0.05) is 32.8 Å². The highest BCUT2D eigenvalue weighted by atomic mass is 16.5. The smallest absolute Gasteiger partial charge is 0.205 e. The van der Waals surface area contributed by atoms with E-state index in [1.165, 1.54) is 19.4 Å². The number of aliphatic imine (C=N–C) groups is 1. The molecule has 112 valence electrons. The van der Waals surface area contributed by atoms with Gasteiger partial charge in [0.1, 0.15) is 0 Å². The highest BCUT2D eigenvalue weighted by Crippen LogP contribution is 2.14. The molecular formula is C13H29N5O. The molecule has 1 rings (SSSR count). The SMILES string of the molecule is CCOCCCNC(=NCC1CCCN(C)C1)NN. The summed E-state index contributed by atoms with van der Waals surface area (Å²) in [5.41, 5.74) is 2.63. The zero-order valence-corrected chi connectivity index (χ0v) is 12.3. The first-order valence-corrected chi connectivity index (χ1v) is 7.27. The number of rotatable bonds is 7. The van der Waals surface area contributed by atoms with Crippen LogP contribution < -0.4 is 16.6 Å². The van der Waals surface area contributed by atoms with Crippen molar-refractivity contribution in [2.24, 2.45) is 16.8 Å². The molecule has 0 aromatic carbocycles. The number of nitrogens with one attached hydrogen (secondary N) is 2. The Morgan fingerprint density at radius 3 is 3.05 bits per heavy atom. The summed E-state index contributed by atoms with van der Waals surface area (Å²) in [5.74, 6) is 6.80. The van der Waals surface area contributed by atoms with Gasteiger partial charge in [0.05, 0.1) is 0 Å². The van der Waals surface area contributed by atoms with Crippen molar-refractivity contribution in [2.45, 2.75) is 26.2 Å². The first-order chi connectivity index (χ1) is 9.26. The lowest BCUT2D eigenvalue weighted by atomic mass is 9.99. The number of likely N-dealkylation sites (tertiary alicyclic amines) is 1. The first-order valence-electron chi connectivity index (χ1n) is 7.27. The summed E-state index contributed by atoms with van der Waals surface area (Å²) in [4.78, 5) is 6.89. The first kappa shape index (κ1) is 16.2. The van der Waals surface area contributed by atoms with Crippen molar-refractivity contribution in [3.63, 3.8) is 0 Å². The van der Waals surface area contributed by atoms with Crippen LogP contribution in [0.15, 0.2) is 4.99 Å². The van der Waals surface area contributed by atoms with Crippen molar-refractivity contribution in [3.05, 3.63) is 0 Å². The Kier molecular flexibility index (Phi) is 8.53. The van der Waals surface area contributed by atoms with Crippen LogP contribution in [0.5, 0.6) is 0 Å². The predicted octanol–water partition coefficient (Wildman–Crippen LogP) is 0.164. The normalized spacial score (nSPS) is 21.4. The van der Waals surface area contributed by atoms with Gasteiger partial charge in [-0.25, -0.2) is 5.84 Å². The maximum atomic E-state index is 5.47. The Morgan fingerprint density at radius 1 is 1.53 bits per heavy atom. The molecule has 0 aromatic heterocycles. The number of nitrogens with two attached hydrogens (primary N) is 1. The van der Waals surface area contributed by atoms with Crippen LogP contribution in [0.3, 0.4) is 0 Å². The van der Waals surface area contributed by atoms with Crippen molar-refractivity contribution >= 4 is 5.96 Å². The van der Waals surface area contributed by atoms with Crippen LogP contribution >= 0.6 is 0 Å². The van der Waals surface area contributed by atoms with Gasteiger partial charge in [0.2, 0.25) is 5.96 Å². The van der Waals surface area contributed by atoms with Gasteiger partial charge in [-0.1, -0.05) is 0 Å². The molecule has 1 aliphatic rings. The van der Waals surface area contributed by atoms with E-state index in [4.69, 9.17) is 10.6 Å². The van der Waals surface area contributed by atoms with Crippen LogP contribution in [0.4, 0.5) is 0 Å².